The molecule has 1 fully saturated rings. The van der Waals surface area contributed by atoms with Gasteiger partial charge in [0, 0.05) is 19.3 Å². The number of rotatable bonds is 5. The Kier molecular flexibility index (Phi) is 4.86. The zero-order valence-electron chi connectivity index (χ0n) is 12.6. The molecule has 0 aliphatic heterocycles. The molecule has 0 bridgehead atoms. The lowest BCUT2D eigenvalue weighted by atomic mass is 9.87. The molecule has 2 rings (SSSR count). The van der Waals surface area contributed by atoms with Crippen molar-refractivity contribution in [3.63, 3.8) is 0 Å². The monoisotopic (exact) mass is 265 g/mol. The van der Waals surface area contributed by atoms with Crippen LogP contribution < -0.4 is 5.32 Å². The molecule has 0 radical (unpaired) electrons. The van der Waals surface area contributed by atoms with Gasteiger partial charge in [0.25, 0.3) is 0 Å². The van der Waals surface area contributed by atoms with Crippen LogP contribution in [0.2, 0.25) is 0 Å². The normalized spacial score (nSPS) is 25.3. The van der Waals surface area contributed by atoms with Gasteiger partial charge in [0.15, 0.2) is 0 Å². The number of aryl methyl sites for hydroxylation is 1. The highest BCUT2D eigenvalue weighted by Gasteiger charge is 2.20. The van der Waals surface area contributed by atoms with Gasteiger partial charge in [-0.1, -0.05) is 6.92 Å². The van der Waals surface area contributed by atoms with Gasteiger partial charge in [0.1, 0.15) is 0 Å². The zero-order chi connectivity index (χ0) is 13.8. The lowest BCUT2D eigenvalue weighted by Gasteiger charge is -2.28. The number of imidazole rings is 1. The predicted molar refractivity (Wildman–Crippen MR) is 78.6 cm³/mol. The maximum Gasteiger partial charge on any atom is 0.203 e. The Morgan fingerprint density at radius 1 is 1.42 bits per heavy atom. The molecule has 1 saturated carbocycles. The van der Waals surface area contributed by atoms with E-state index in [0.29, 0.717) is 18.7 Å². The molecule has 0 saturated heterocycles. The molecule has 1 N–H and O–H groups in total. The average molecular weight is 265 g/mol. The summed E-state index contributed by atoms with van der Waals surface area (Å²) < 4.78 is 7.46. The van der Waals surface area contributed by atoms with Crippen molar-refractivity contribution in [2.45, 2.75) is 58.5 Å². The predicted octanol–water partition coefficient (Wildman–Crippen LogP) is 3.39. The standard InChI is InChI=1S/C15H27N3O/c1-11-5-7-14(8-6-11)17-15-16-12(2)9-18(15)13(3)10-19-4/h9,11,13-14H,5-8,10H2,1-4H3,(H,16,17). The van der Waals surface area contributed by atoms with Crippen LogP contribution in [0.5, 0.6) is 0 Å². The van der Waals surface area contributed by atoms with Crippen molar-refractivity contribution in [1.29, 1.82) is 0 Å². The van der Waals surface area contributed by atoms with Gasteiger partial charge in [0.05, 0.1) is 18.3 Å². The quantitative estimate of drug-likeness (QED) is 0.887. The second-order valence-corrected chi connectivity index (χ2v) is 6.02. The summed E-state index contributed by atoms with van der Waals surface area (Å²) in [4.78, 5) is 4.62. The molecular weight excluding hydrogens is 238 g/mol. The second-order valence-electron chi connectivity index (χ2n) is 6.02. The summed E-state index contributed by atoms with van der Waals surface area (Å²) in [6, 6.07) is 0.891. The molecule has 19 heavy (non-hydrogen) atoms. The van der Waals surface area contributed by atoms with Crippen molar-refractivity contribution in [3.8, 4) is 0 Å². The molecule has 1 aliphatic carbocycles. The third-order valence-electron chi connectivity index (χ3n) is 4.08. The van der Waals surface area contributed by atoms with E-state index in [2.05, 4.69) is 34.9 Å². The Morgan fingerprint density at radius 2 is 2.11 bits per heavy atom. The second kappa shape index (κ2) is 6.42. The lowest BCUT2D eigenvalue weighted by molar-refractivity contribution is 0.163. The van der Waals surface area contributed by atoms with Crippen LogP contribution in [-0.4, -0.2) is 29.3 Å². The first-order chi connectivity index (χ1) is 9.10. The highest BCUT2D eigenvalue weighted by Crippen LogP contribution is 2.26. The fraction of sp³-hybridized carbons (Fsp3) is 0.800. The molecule has 0 amide bonds. The van der Waals surface area contributed by atoms with Gasteiger partial charge < -0.3 is 14.6 Å². The number of ether oxygens (including phenoxy) is 1. The minimum atomic E-state index is 0.316. The van der Waals surface area contributed by atoms with E-state index < -0.39 is 0 Å². The molecule has 1 atom stereocenters. The molecule has 4 heteroatoms. The minimum Gasteiger partial charge on any atom is -0.383 e. The molecule has 1 aromatic rings. The molecule has 1 heterocycles. The lowest BCUT2D eigenvalue weighted by Crippen LogP contribution is -2.27. The summed E-state index contributed by atoms with van der Waals surface area (Å²) in [7, 11) is 1.75. The Labute approximate surface area is 116 Å². The molecule has 108 valence electrons. The van der Waals surface area contributed by atoms with Crippen molar-refractivity contribution in [1.82, 2.24) is 9.55 Å². The van der Waals surface area contributed by atoms with Crippen LogP contribution in [-0.2, 0) is 4.74 Å². The number of anilines is 1. The van der Waals surface area contributed by atoms with Crippen molar-refractivity contribution >= 4 is 5.95 Å². The van der Waals surface area contributed by atoms with Crippen LogP contribution in [0.25, 0.3) is 0 Å². The van der Waals surface area contributed by atoms with Gasteiger partial charge in [-0.2, -0.15) is 0 Å². The van der Waals surface area contributed by atoms with E-state index in [-0.39, 0.29) is 0 Å². The van der Waals surface area contributed by atoms with Crippen LogP contribution in [0.15, 0.2) is 6.20 Å². The molecular formula is C15H27N3O. The highest BCUT2D eigenvalue weighted by molar-refractivity contribution is 5.31. The number of aromatic nitrogens is 2. The average Bonchev–Trinajstić information content (AvgIpc) is 2.74. The summed E-state index contributed by atoms with van der Waals surface area (Å²) in [5, 5.41) is 3.63. The van der Waals surface area contributed by atoms with Gasteiger partial charge in [-0.25, -0.2) is 4.98 Å². The van der Waals surface area contributed by atoms with Gasteiger partial charge >= 0.3 is 0 Å². The summed E-state index contributed by atoms with van der Waals surface area (Å²) in [6.07, 6.45) is 7.27. The Hall–Kier alpha value is -1.03. The summed E-state index contributed by atoms with van der Waals surface area (Å²) in [5.41, 5.74) is 1.06. The number of methoxy groups -OCH3 is 1. The number of nitrogens with one attached hydrogen (secondary N) is 1. The van der Waals surface area contributed by atoms with E-state index >= 15 is 0 Å². The van der Waals surface area contributed by atoms with Gasteiger partial charge in [-0.15, -0.1) is 0 Å². The molecule has 1 aliphatic rings. The highest BCUT2D eigenvalue weighted by atomic mass is 16.5. The number of hydrogen-bond donors (Lipinski definition) is 1. The molecule has 1 unspecified atom stereocenters. The zero-order valence-corrected chi connectivity index (χ0v) is 12.6. The Bertz CT molecular complexity index is 394. The van der Waals surface area contributed by atoms with Crippen molar-refractivity contribution in [2.24, 2.45) is 5.92 Å². The van der Waals surface area contributed by atoms with E-state index in [1.54, 1.807) is 7.11 Å². The van der Waals surface area contributed by atoms with Crippen molar-refractivity contribution in [2.75, 3.05) is 19.0 Å². The van der Waals surface area contributed by atoms with Crippen molar-refractivity contribution < 1.29 is 4.74 Å². The van der Waals surface area contributed by atoms with Crippen LogP contribution in [0.4, 0.5) is 5.95 Å². The molecule has 0 spiro atoms. The minimum absolute atomic E-state index is 0.316. The number of hydrogen-bond acceptors (Lipinski definition) is 3. The fourth-order valence-electron chi connectivity index (χ4n) is 2.87. The van der Waals surface area contributed by atoms with E-state index in [0.717, 1.165) is 17.6 Å². The first-order valence-electron chi connectivity index (χ1n) is 7.41. The maximum absolute atomic E-state index is 5.25. The van der Waals surface area contributed by atoms with Gasteiger partial charge in [-0.05, 0) is 45.4 Å². The van der Waals surface area contributed by atoms with E-state index in [1.165, 1.54) is 25.7 Å². The Morgan fingerprint density at radius 3 is 2.74 bits per heavy atom. The Balaban J connectivity index is 2.03. The fourth-order valence-corrected chi connectivity index (χ4v) is 2.87. The van der Waals surface area contributed by atoms with Gasteiger partial charge in [-0.3, -0.25) is 0 Å². The van der Waals surface area contributed by atoms with E-state index in [9.17, 15) is 0 Å². The molecule has 0 aromatic carbocycles. The largest absolute Gasteiger partial charge is 0.383 e. The van der Waals surface area contributed by atoms with Crippen LogP contribution in [0, 0.1) is 12.8 Å². The third-order valence-corrected chi connectivity index (χ3v) is 4.08. The first-order valence-corrected chi connectivity index (χ1v) is 7.41. The van der Waals surface area contributed by atoms with Crippen LogP contribution in [0.3, 0.4) is 0 Å². The van der Waals surface area contributed by atoms with Crippen LogP contribution >= 0.6 is 0 Å². The molecule has 4 nitrogen and oxygen atoms in total. The SMILES string of the molecule is COCC(C)n1cc(C)nc1NC1CCC(C)CC1. The third kappa shape index (κ3) is 3.72. The number of nitrogens with zero attached hydrogens (tertiary/aromatic N) is 2. The maximum atomic E-state index is 5.25. The first kappa shape index (κ1) is 14.4. The van der Waals surface area contributed by atoms with Crippen LogP contribution in [0.1, 0.15) is 51.3 Å². The van der Waals surface area contributed by atoms with Crippen molar-refractivity contribution in [3.05, 3.63) is 11.9 Å². The summed E-state index contributed by atoms with van der Waals surface area (Å²) in [5.74, 6) is 1.88. The molecule has 1 aromatic heterocycles. The summed E-state index contributed by atoms with van der Waals surface area (Å²) >= 11 is 0. The topological polar surface area (TPSA) is 39.1 Å². The smallest absolute Gasteiger partial charge is 0.203 e. The summed E-state index contributed by atoms with van der Waals surface area (Å²) in [6.45, 7) is 7.27. The van der Waals surface area contributed by atoms with E-state index in [4.69, 9.17) is 4.74 Å². The van der Waals surface area contributed by atoms with E-state index in [1.807, 2.05) is 6.92 Å². The van der Waals surface area contributed by atoms with Gasteiger partial charge in [0.2, 0.25) is 5.95 Å².